The van der Waals surface area contributed by atoms with Gasteiger partial charge in [0.2, 0.25) is 0 Å². The Morgan fingerprint density at radius 1 is 1.32 bits per heavy atom. The van der Waals surface area contributed by atoms with Crippen molar-refractivity contribution in [3.05, 3.63) is 35.0 Å². The maximum Gasteiger partial charge on any atom is 0.315 e. The lowest BCUT2D eigenvalue weighted by Gasteiger charge is -2.24. The van der Waals surface area contributed by atoms with Gasteiger partial charge >= 0.3 is 5.97 Å². The Labute approximate surface area is 117 Å². The predicted octanol–water partition coefficient (Wildman–Crippen LogP) is 4.24. The number of benzene rings is 1. The molecule has 0 radical (unpaired) electrons. The van der Waals surface area contributed by atoms with E-state index in [0.717, 1.165) is 16.6 Å². The van der Waals surface area contributed by atoms with Crippen LogP contribution in [0.4, 0.5) is 0 Å². The van der Waals surface area contributed by atoms with E-state index >= 15 is 0 Å². The number of aromatic nitrogens is 1. The van der Waals surface area contributed by atoms with Crippen LogP contribution in [-0.2, 0) is 10.2 Å². The summed E-state index contributed by atoms with van der Waals surface area (Å²) < 4.78 is 2.05. The van der Waals surface area contributed by atoms with Crippen LogP contribution in [0.25, 0.3) is 10.9 Å². The van der Waals surface area contributed by atoms with Crippen molar-refractivity contribution in [1.29, 1.82) is 0 Å². The Morgan fingerprint density at radius 3 is 2.47 bits per heavy atom. The zero-order valence-electron chi connectivity index (χ0n) is 11.6. The van der Waals surface area contributed by atoms with Crippen molar-refractivity contribution < 1.29 is 9.90 Å². The van der Waals surface area contributed by atoms with Gasteiger partial charge in [-0.2, -0.15) is 0 Å². The molecule has 0 saturated carbocycles. The van der Waals surface area contributed by atoms with Crippen LogP contribution < -0.4 is 0 Å². The van der Waals surface area contributed by atoms with Gasteiger partial charge in [-0.05, 0) is 45.9 Å². The monoisotopic (exact) mass is 279 g/mol. The molecule has 0 unspecified atom stereocenters. The van der Waals surface area contributed by atoms with Crippen molar-refractivity contribution in [2.24, 2.45) is 0 Å². The van der Waals surface area contributed by atoms with E-state index in [1.807, 2.05) is 38.1 Å². The smallest absolute Gasteiger partial charge is 0.315 e. The van der Waals surface area contributed by atoms with E-state index < -0.39 is 11.4 Å². The van der Waals surface area contributed by atoms with E-state index in [-0.39, 0.29) is 6.04 Å². The van der Waals surface area contributed by atoms with Crippen LogP contribution in [-0.4, -0.2) is 15.6 Å². The average molecular weight is 280 g/mol. The van der Waals surface area contributed by atoms with Gasteiger partial charge < -0.3 is 9.67 Å². The van der Waals surface area contributed by atoms with Gasteiger partial charge in [0, 0.05) is 27.7 Å². The highest BCUT2D eigenvalue weighted by Crippen LogP contribution is 2.33. The zero-order chi connectivity index (χ0) is 14.4. The van der Waals surface area contributed by atoms with Gasteiger partial charge in [-0.25, -0.2) is 0 Å². The molecular formula is C15H18ClNO2. The number of carboxylic acid groups (broad SMARTS) is 1. The number of nitrogens with zero attached hydrogens (tertiary/aromatic N) is 1. The molecule has 1 N–H and O–H groups in total. The first-order chi connectivity index (χ1) is 8.75. The zero-order valence-corrected chi connectivity index (χ0v) is 12.3. The van der Waals surface area contributed by atoms with Crippen molar-refractivity contribution in [2.75, 3.05) is 0 Å². The number of rotatable bonds is 3. The molecule has 0 spiro atoms. The second-order valence-corrected chi connectivity index (χ2v) is 6.06. The third kappa shape index (κ3) is 2.23. The standard InChI is InChI=1S/C15H18ClNO2/c1-9(2)17-12-8-11(16)6-5-10(12)7-13(17)15(3,4)14(18)19/h5-9H,1-4H3,(H,18,19). The largest absolute Gasteiger partial charge is 0.481 e. The lowest BCUT2D eigenvalue weighted by atomic mass is 9.89. The van der Waals surface area contributed by atoms with Crippen LogP contribution in [0.5, 0.6) is 0 Å². The molecule has 0 aliphatic heterocycles. The molecule has 102 valence electrons. The first-order valence-corrected chi connectivity index (χ1v) is 6.67. The maximum atomic E-state index is 11.5. The maximum absolute atomic E-state index is 11.5. The molecule has 0 aliphatic carbocycles. The number of carbonyl (C=O) groups is 1. The fourth-order valence-corrected chi connectivity index (χ4v) is 2.51. The summed E-state index contributed by atoms with van der Waals surface area (Å²) in [7, 11) is 0. The second-order valence-electron chi connectivity index (χ2n) is 5.63. The molecule has 1 aromatic heterocycles. The minimum atomic E-state index is -0.935. The van der Waals surface area contributed by atoms with Gasteiger partial charge in [-0.15, -0.1) is 0 Å². The highest BCUT2D eigenvalue weighted by atomic mass is 35.5. The molecule has 19 heavy (non-hydrogen) atoms. The van der Waals surface area contributed by atoms with E-state index in [4.69, 9.17) is 11.6 Å². The fourth-order valence-electron chi connectivity index (χ4n) is 2.34. The van der Waals surface area contributed by atoms with E-state index in [0.29, 0.717) is 5.02 Å². The average Bonchev–Trinajstić information content (AvgIpc) is 2.67. The molecule has 0 aliphatic rings. The normalized spacial score (nSPS) is 12.3. The summed E-state index contributed by atoms with van der Waals surface area (Å²) in [5, 5.41) is 11.1. The molecule has 3 nitrogen and oxygen atoms in total. The molecule has 0 fully saturated rings. The summed E-state index contributed by atoms with van der Waals surface area (Å²) in [6.07, 6.45) is 0. The molecule has 1 heterocycles. The van der Waals surface area contributed by atoms with Crippen molar-refractivity contribution in [2.45, 2.75) is 39.2 Å². The lowest BCUT2D eigenvalue weighted by Crippen LogP contribution is -2.31. The molecule has 2 aromatic rings. The number of carboxylic acids is 1. The quantitative estimate of drug-likeness (QED) is 0.913. The van der Waals surface area contributed by atoms with Crippen LogP contribution in [0, 0.1) is 0 Å². The molecule has 1 aromatic carbocycles. The lowest BCUT2D eigenvalue weighted by molar-refractivity contribution is -0.142. The number of halogens is 1. The van der Waals surface area contributed by atoms with Crippen LogP contribution in [0.2, 0.25) is 5.02 Å². The Morgan fingerprint density at radius 2 is 1.95 bits per heavy atom. The topological polar surface area (TPSA) is 42.2 Å². The molecule has 0 amide bonds. The van der Waals surface area contributed by atoms with E-state index in [9.17, 15) is 9.90 Å². The minimum Gasteiger partial charge on any atom is -0.481 e. The third-order valence-corrected chi connectivity index (χ3v) is 3.73. The van der Waals surface area contributed by atoms with Gasteiger partial charge in [0.25, 0.3) is 0 Å². The Balaban J connectivity index is 2.81. The highest BCUT2D eigenvalue weighted by Gasteiger charge is 2.34. The summed E-state index contributed by atoms with van der Waals surface area (Å²) in [6.45, 7) is 7.54. The van der Waals surface area contributed by atoms with E-state index in [2.05, 4.69) is 4.57 Å². The molecule has 0 saturated heterocycles. The number of hydrogen-bond acceptors (Lipinski definition) is 1. The molecule has 2 rings (SSSR count). The number of fused-ring (bicyclic) bond motifs is 1. The van der Waals surface area contributed by atoms with Crippen LogP contribution in [0.1, 0.15) is 39.4 Å². The van der Waals surface area contributed by atoms with Crippen LogP contribution >= 0.6 is 11.6 Å². The number of aliphatic carboxylic acids is 1. The second kappa shape index (κ2) is 4.57. The first-order valence-electron chi connectivity index (χ1n) is 6.29. The molecular weight excluding hydrogens is 262 g/mol. The summed E-state index contributed by atoms with van der Waals surface area (Å²) in [5.41, 5.74) is 0.842. The third-order valence-electron chi connectivity index (χ3n) is 3.50. The van der Waals surface area contributed by atoms with Crippen molar-refractivity contribution in [3.63, 3.8) is 0 Å². The molecule has 0 bridgehead atoms. The number of hydrogen-bond donors (Lipinski definition) is 1. The van der Waals surface area contributed by atoms with Crippen molar-refractivity contribution >= 4 is 28.5 Å². The van der Waals surface area contributed by atoms with Crippen molar-refractivity contribution in [1.82, 2.24) is 4.57 Å². The predicted molar refractivity (Wildman–Crippen MR) is 78.0 cm³/mol. The first kappa shape index (κ1) is 13.9. The molecule has 0 atom stereocenters. The van der Waals surface area contributed by atoms with E-state index in [1.54, 1.807) is 13.8 Å². The summed E-state index contributed by atoms with van der Waals surface area (Å²) >= 11 is 6.05. The summed E-state index contributed by atoms with van der Waals surface area (Å²) in [4.78, 5) is 11.5. The minimum absolute atomic E-state index is 0.171. The van der Waals surface area contributed by atoms with Gasteiger partial charge in [0.05, 0.1) is 0 Å². The fraction of sp³-hybridized carbons (Fsp3) is 0.400. The van der Waals surface area contributed by atoms with Crippen LogP contribution in [0.3, 0.4) is 0 Å². The Hall–Kier alpha value is -1.48. The van der Waals surface area contributed by atoms with Gasteiger partial charge in [0.15, 0.2) is 0 Å². The van der Waals surface area contributed by atoms with Gasteiger partial charge in [-0.3, -0.25) is 4.79 Å². The summed E-state index contributed by atoms with van der Waals surface area (Å²) in [5.74, 6) is -0.830. The van der Waals surface area contributed by atoms with Gasteiger partial charge in [-0.1, -0.05) is 17.7 Å². The highest BCUT2D eigenvalue weighted by molar-refractivity contribution is 6.31. The SMILES string of the molecule is CC(C)n1c(C(C)(C)C(=O)O)cc2ccc(Cl)cc21. The van der Waals surface area contributed by atoms with Crippen molar-refractivity contribution in [3.8, 4) is 0 Å². The van der Waals surface area contributed by atoms with Crippen LogP contribution in [0.15, 0.2) is 24.3 Å². The van der Waals surface area contributed by atoms with Gasteiger partial charge in [0.1, 0.15) is 5.41 Å². The van der Waals surface area contributed by atoms with E-state index in [1.165, 1.54) is 0 Å². The Kier molecular flexibility index (Phi) is 3.35. The molecule has 4 heteroatoms. The summed E-state index contributed by atoms with van der Waals surface area (Å²) in [6, 6.07) is 7.76. The Bertz CT molecular complexity index is 641.